The normalized spacial score (nSPS) is 11.5. The maximum absolute atomic E-state index is 4.04. The second kappa shape index (κ2) is 6.19. The van der Waals surface area contributed by atoms with E-state index in [1.807, 2.05) is 11.6 Å². The van der Waals surface area contributed by atoms with Gasteiger partial charge in [-0.15, -0.1) is 10.2 Å². The molecule has 0 aliphatic heterocycles. The van der Waals surface area contributed by atoms with Gasteiger partial charge in [-0.05, 0) is 43.8 Å². The van der Waals surface area contributed by atoms with E-state index in [1.54, 1.807) is 6.33 Å². The van der Waals surface area contributed by atoms with Crippen molar-refractivity contribution in [3.63, 3.8) is 0 Å². The Hall–Kier alpha value is -2.34. The summed E-state index contributed by atoms with van der Waals surface area (Å²) in [5.41, 5.74) is 3.79. The van der Waals surface area contributed by atoms with Gasteiger partial charge in [0.1, 0.15) is 6.33 Å². The van der Waals surface area contributed by atoms with Crippen molar-refractivity contribution < 1.29 is 0 Å². The van der Waals surface area contributed by atoms with E-state index in [0.29, 0.717) is 0 Å². The zero-order valence-corrected chi connectivity index (χ0v) is 13.3. The number of nitrogens with zero attached hydrogens (tertiary/aromatic N) is 4. The van der Waals surface area contributed by atoms with E-state index in [2.05, 4.69) is 63.9 Å². The third kappa shape index (κ3) is 3.12. The van der Waals surface area contributed by atoms with Crippen LogP contribution in [0.25, 0.3) is 10.9 Å². The molecule has 0 atom stereocenters. The molecule has 0 radical (unpaired) electrons. The number of likely N-dealkylation sites (N-methyl/N-ethyl adjacent to an activating group) is 1. The molecule has 6 nitrogen and oxygen atoms in total. The van der Waals surface area contributed by atoms with Gasteiger partial charge in [0.15, 0.2) is 0 Å². The van der Waals surface area contributed by atoms with Crippen molar-refractivity contribution in [1.82, 2.24) is 24.6 Å². The molecule has 2 heterocycles. The number of aryl methyl sites for hydroxylation is 1. The fourth-order valence-electron chi connectivity index (χ4n) is 2.51. The van der Waals surface area contributed by atoms with Gasteiger partial charge < -0.3 is 19.8 Å². The lowest BCUT2D eigenvalue weighted by Crippen LogP contribution is -2.14. The van der Waals surface area contributed by atoms with Gasteiger partial charge in [-0.25, -0.2) is 0 Å². The first-order valence-electron chi connectivity index (χ1n) is 7.45. The maximum Gasteiger partial charge on any atom is 0.224 e. The molecule has 0 fully saturated rings. The molecule has 0 aliphatic carbocycles. The molecular formula is C16H22N6. The van der Waals surface area contributed by atoms with Crippen molar-refractivity contribution in [2.24, 2.45) is 7.05 Å². The molecule has 3 aromatic rings. The highest BCUT2D eigenvalue weighted by Crippen LogP contribution is 2.21. The summed E-state index contributed by atoms with van der Waals surface area (Å²) in [5, 5.41) is 12.5. The number of anilines is 1. The number of nitrogens with one attached hydrogen (secondary N) is 2. The highest BCUT2D eigenvalue weighted by atomic mass is 15.3. The summed E-state index contributed by atoms with van der Waals surface area (Å²) < 4.78 is 1.87. The SMILES string of the molecule is CN(C)CCc1c[nH]c2ccc(CNc3nncn3C)cc12. The minimum absolute atomic E-state index is 0.737. The van der Waals surface area contributed by atoms with Crippen LogP contribution in [-0.4, -0.2) is 45.3 Å². The molecule has 116 valence electrons. The lowest BCUT2D eigenvalue weighted by Gasteiger charge is -2.09. The molecule has 6 heteroatoms. The monoisotopic (exact) mass is 298 g/mol. The Kier molecular flexibility index (Phi) is 4.11. The van der Waals surface area contributed by atoms with Gasteiger partial charge in [0.05, 0.1) is 0 Å². The number of hydrogen-bond donors (Lipinski definition) is 2. The Labute approximate surface area is 130 Å². The first-order chi connectivity index (χ1) is 10.6. The molecule has 2 aromatic heterocycles. The zero-order valence-electron chi connectivity index (χ0n) is 13.3. The zero-order chi connectivity index (χ0) is 15.5. The van der Waals surface area contributed by atoms with Crippen molar-refractivity contribution in [2.75, 3.05) is 26.0 Å². The summed E-state index contributed by atoms with van der Waals surface area (Å²) in [4.78, 5) is 5.56. The quantitative estimate of drug-likeness (QED) is 0.731. The van der Waals surface area contributed by atoms with Gasteiger partial charge in [0, 0.05) is 37.2 Å². The molecule has 2 N–H and O–H groups in total. The molecule has 0 aliphatic rings. The van der Waals surface area contributed by atoms with E-state index in [4.69, 9.17) is 0 Å². The summed E-state index contributed by atoms with van der Waals surface area (Å²) in [6.45, 7) is 1.79. The van der Waals surface area contributed by atoms with Gasteiger partial charge in [-0.2, -0.15) is 0 Å². The molecule has 22 heavy (non-hydrogen) atoms. The molecule has 3 rings (SSSR count). The number of hydrogen-bond acceptors (Lipinski definition) is 4. The van der Waals surface area contributed by atoms with Crippen LogP contribution in [0.4, 0.5) is 5.95 Å². The minimum atomic E-state index is 0.737. The lowest BCUT2D eigenvalue weighted by atomic mass is 10.1. The number of aromatic nitrogens is 4. The summed E-state index contributed by atoms with van der Waals surface area (Å²) >= 11 is 0. The van der Waals surface area contributed by atoms with Crippen LogP contribution in [0.15, 0.2) is 30.7 Å². The topological polar surface area (TPSA) is 61.8 Å². The minimum Gasteiger partial charge on any atom is -0.361 e. The molecule has 0 amide bonds. The Morgan fingerprint density at radius 2 is 2.18 bits per heavy atom. The molecule has 0 saturated heterocycles. The van der Waals surface area contributed by atoms with E-state index in [0.717, 1.165) is 25.5 Å². The Bertz CT molecular complexity index is 755. The van der Waals surface area contributed by atoms with E-state index in [9.17, 15) is 0 Å². The second-order valence-corrected chi connectivity index (χ2v) is 5.87. The summed E-state index contributed by atoms with van der Waals surface area (Å²) in [6.07, 6.45) is 4.86. The summed E-state index contributed by atoms with van der Waals surface area (Å²) in [7, 11) is 6.13. The molecule has 0 saturated carbocycles. The largest absolute Gasteiger partial charge is 0.361 e. The third-order valence-electron chi connectivity index (χ3n) is 3.82. The number of fused-ring (bicyclic) bond motifs is 1. The van der Waals surface area contributed by atoms with Gasteiger partial charge >= 0.3 is 0 Å². The lowest BCUT2D eigenvalue weighted by molar-refractivity contribution is 0.414. The van der Waals surface area contributed by atoms with Crippen molar-refractivity contribution in [2.45, 2.75) is 13.0 Å². The molecule has 0 spiro atoms. The van der Waals surface area contributed by atoms with E-state index in [1.165, 1.54) is 22.0 Å². The van der Waals surface area contributed by atoms with Crippen LogP contribution in [0, 0.1) is 0 Å². The van der Waals surface area contributed by atoms with Crippen LogP contribution < -0.4 is 5.32 Å². The van der Waals surface area contributed by atoms with Crippen LogP contribution >= 0.6 is 0 Å². The average molecular weight is 298 g/mol. The predicted octanol–water partition coefficient (Wildman–Crippen LogP) is 2.01. The number of H-pyrrole nitrogens is 1. The van der Waals surface area contributed by atoms with Gasteiger partial charge in [-0.1, -0.05) is 6.07 Å². The summed E-state index contributed by atoms with van der Waals surface area (Å²) in [5.74, 6) is 0.780. The number of aromatic amines is 1. The third-order valence-corrected chi connectivity index (χ3v) is 3.82. The van der Waals surface area contributed by atoms with Gasteiger partial charge in [0.2, 0.25) is 5.95 Å². The van der Waals surface area contributed by atoms with E-state index >= 15 is 0 Å². The fourth-order valence-corrected chi connectivity index (χ4v) is 2.51. The average Bonchev–Trinajstić information content (AvgIpc) is 3.08. The second-order valence-electron chi connectivity index (χ2n) is 5.87. The first-order valence-corrected chi connectivity index (χ1v) is 7.45. The van der Waals surface area contributed by atoms with Crippen molar-refractivity contribution in [1.29, 1.82) is 0 Å². The Balaban J connectivity index is 1.76. The molecular weight excluding hydrogens is 276 g/mol. The van der Waals surface area contributed by atoms with E-state index in [-0.39, 0.29) is 0 Å². The molecule has 0 bridgehead atoms. The highest BCUT2D eigenvalue weighted by molar-refractivity contribution is 5.84. The fraction of sp³-hybridized carbons (Fsp3) is 0.375. The van der Waals surface area contributed by atoms with Crippen LogP contribution in [0.2, 0.25) is 0 Å². The molecule has 1 aromatic carbocycles. The van der Waals surface area contributed by atoms with E-state index < -0.39 is 0 Å². The number of rotatable bonds is 6. The Morgan fingerprint density at radius 3 is 2.91 bits per heavy atom. The standard InChI is InChI=1S/C16H22N6/c1-21(2)7-6-13-10-17-15-5-4-12(8-14(13)15)9-18-16-20-19-11-22(16)3/h4-5,8,10-11,17H,6-7,9H2,1-3H3,(H,18,20). The maximum atomic E-state index is 4.04. The highest BCUT2D eigenvalue weighted by Gasteiger charge is 2.06. The first kappa shape index (κ1) is 14.6. The predicted molar refractivity (Wildman–Crippen MR) is 88.9 cm³/mol. The summed E-state index contributed by atoms with van der Waals surface area (Å²) in [6, 6.07) is 6.53. The van der Waals surface area contributed by atoms with Gasteiger partial charge in [0.25, 0.3) is 0 Å². The van der Waals surface area contributed by atoms with Crippen LogP contribution in [0.5, 0.6) is 0 Å². The van der Waals surface area contributed by atoms with Crippen LogP contribution in [0.1, 0.15) is 11.1 Å². The Morgan fingerprint density at radius 1 is 1.32 bits per heavy atom. The van der Waals surface area contributed by atoms with Gasteiger partial charge in [-0.3, -0.25) is 0 Å². The van der Waals surface area contributed by atoms with Crippen molar-refractivity contribution >= 4 is 16.9 Å². The van der Waals surface area contributed by atoms with Crippen LogP contribution in [-0.2, 0) is 20.0 Å². The molecule has 0 unspecified atom stereocenters. The van der Waals surface area contributed by atoms with Crippen molar-refractivity contribution in [3.05, 3.63) is 41.9 Å². The number of benzene rings is 1. The smallest absolute Gasteiger partial charge is 0.224 e. The van der Waals surface area contributed by atoms with Crippen molar-refractivity contribution in [3.8, 4) is 0 Å². The van der Waals surface area contributed by atoms with Crippen LogP contribution in [0.3, 0.4) is 0 Å².